The molecule has 6 heteroatoms. The summed E-state index contributed by atoms with van der Waals surface area (Å²) in [6.07, 6.45) is 2.13. The molecule has 0 spiro atoms. The van der Waals surface area contributed by atoms with Crippen molar-refractivity contribution in [1.82, 2.24) is 5.32 Å². The lowest BCUT2D eigenvalue weighted by Crippen LogP contribution is -2.41. The van der Waals surface area contributed by atoms with Gasteiger partial charge in [0.1, 0.15) is 4.21 Å². The van der Waals surface area contributed by atoms with Gasteiger partial charge in [-0.05, 0) is 43.2 Å². The molecule has 126 valence electrons. The molecule has 1 N–H and O–H groups in total. The fraction of sp³-hybridized carbons (Fsp3) is 0.389. The number of hydrogen-bond acceptors (Lipinski definition) is 4. The summed E-state index contributed by atoms with van der Waals surface area (Å²) in [5, 5.41) is 4.46. The van der Waals surface area contributed by atoms with Gasteiger partial charge < -0.3 is 5.32 Å². The minimum Gasteiger partial charge on any atom is -0.348 e. The van der Waals surface area contributed by atoms with E-state index in [4.69, 9.17) is 0 Å². The van der Waals surface area contributed by atoms with Crippen LogP contribution in [0.1, 0.15) is 43.4 Å². The number of rotatable bonds is 3. The number of nitrogens with one attached hydrogen (secondary N) is 1. The van der Waals surface area contributed by atoms with Gasteiger partial charge in [-0.3, -0.25) is 4.79 Å². The van der Waals surface area contributed by atoms with Crippen LogP contribution in [0.15, 0.2) is 46.0 Å². The van der Waals surface area contributed by atoms with E-state index in [-0.39, 0.29) is 11.9 Å². The third-order valence-corrected chi connectivity index (χ3v) is 8.92. The lowest BCUT2D eigenvalue weighted by Gasteiger charge is -2.29. The van der Waals surface area contributed by atoms with Crippen molar-refractivity contribution in [3.8, 4) is 0 Å². The maximum Gasteiger partial charge on any atom is 0.231 e. The number of carbonyl (C=O) groups excluding carboxylic acids is 1. The lowest BCUT2D eigenvalue weighted by molar-refractivity contribution is -0.124. The predicted octanol–water partition coefficient (Wildman–Crippen LogP) is 3.20. The first kappa shape index (κ1) is 15.8. The van der Waals surface area contributed by atoms with Crippen molar-refractivity contribution in [3.05, 3.63) is 52.9 Å². The molecule has 2 heterocycles. The van der Waals surface area contributed by atoms with Gasteiger partial charge in [0.15, 0.2) is 9.84 Å². The van der Waals surface area contributed by atoms with Gasteiger partial charge in [0, 0.05) is 5.56 Å². The van der Waals surface area contributed by atoms with Crippen molar-refractivity contribution in [2.45, 2.75) is 47.1 Å². The number of hydrogen-bond donors (Lipinski definition) is 1. The van der Waals surface area contributed by atoms with E-state index < -0.39 is 20.5 Å². The second kappa shape index (κ2) is 5.43. The van der Waals surface area contributed by atoms with Gasteiger partial charge in [0.2, 0.25) is 5.91 Å². The maximum atomic E-state index is 12.9. The number of sulfone groups is 1. The topological polar surface area (TPSA) is 63.2 Å². The van der Waals surface area contributed by atoms with Crippen molar-refractivity contribution in [2.24, 2.45) is 0 Å². The molecule has 2 aromatic rings. The zero-order valence-electron chi connectivity index (χ0n) is 13.4. The Balaban J connectivity index is 1.62. The molecule has 1 aromatic carbocycles. The number of benzene rings is 1. The van der Waals surface area contributed by atoms with Crippen LogP contribution in [0.4, 0.5) is 0 Å². The molecule has 1 fully saturated rings. The van der Waals surface area contributed by atoms with Crippen LogP contribution in [0.3, 0.4) is 0 Å². The van der Waals surface area contributed by atoms with E-state index >= 15 is 0 Å². The molecule has 0 unspecified atom stereocenters. The molecule has 24 heavy (non-hydrogen) atoms. The Bertz CT molecular complexity index is 882. The third kappa shape index (κ3) is 2.31. The molecular formula is C18H19NO3S2. The summed E-state index contributed by atoms with van der Waals surface area (Å²) in [5.74, 6) is 0.0161. The Morgan fingerprint density at radius 2 is 1.92 bits per heavy atom. The van der Waals surface area contributed by atoms with Crippen LogP contribution < -0.4 is 5.32 Å². The predicted molar refractivity (Wildman–Crippen MR) is 93.8 cm³/mol. The van der Waals surface area contributed by atoms with Gasteiger partial charge >= 0.3 is 0 Å². The van der Waals surface area contributed by atoms with Crippen LogP contribution in [0.5, 0.6) is 0 Å². The molecule has 4 rings (SSSR count). The van der Waals surface area contributed by atoms with E-state index in [0.717, 1.165) is 24.0 Å². The van der Waals surface area contributed by atoms with E-state index in [1.807, 2.05) is 36.4 Å². The molecule has 0 saturated heterocycles. The van der Waals surface area contributed by atoms with E-state index in [1.165, 1.54) is 11.3 Å². The monoisotopic (exact) mass is 361 g/mol. The van der Waals surface area contributed by atoms with Crippen LogP contribution in [-0.4, -0.2) is 19.6 Å². The smallest absolute Gasteiger partial charge is 0.231 e. The van der Waals surface area contributed by atoms with Crippen molar-refractivity contribution < 1.29 is 13.2 Å². The highest BCUT2D eigenvalue weighted by atomic mass is 32.2. The van der Waals surface area contributed by atoms with Crippen molar-refractivity contribution in [1.29, 1.82) is 0 Å². The minimum atomic E-state index is -3.25. The van der Waals surface area contributed by atoms with E-state index in [2.05, 4.69) is 5.32 Å². The molecular weight excluding hydrogens is 342 g/mol. The molecule has 0 radical (unpaired) electrons. The highest BCUT2D eigenvalue weighted by molar-refractivity contribution is 7.94. The Labute approximate surface area is 145 Å². The van der Waals surface area contributed by atoms with Gasteiger partial charge in [-0.15, -0.1) is 11.3 Å². The Kier molecular flexibility index (Phi) is 3.58. The van der Waals surface area contributed by atoms with Crippen LogP contribution in [0.25, 0.3) is 0 Å². The average Bonchev–Trinajstić information content (AvgIpc) is 3.23. The van der Waals surface area contributed by atoms with Gasteiger partial charge in [-0.25, -0.2) is 8.42 Å². The fourth-order valence-corrected chi connectivity index (χ4v) is 6.76. The second-order valence-corrected chi connectivity index (χ2v) is 10.2. The first-order valence-electron chi connectivity index (χ1n) is 8.13. The first-order valence-corrected chi connectivity index (χ1v) is 10.6. The van der Waals surface area contributed by atoms with Crippen molar-refractivity contribution in [2.75, 3.05) is 0 Å². The number of fused-ring (bicyclic) bond motifs is 1. The molecule has 1 amide bonds. The SMILES string of the molecule is C[C@H]1C[C@H](NC(=O)C2(c3ccccc3)CC2)c2ccsc2S1(=O)=O. The molecule has 1 aliphatic heterocycles. The zero-order valence-corrected chi connectivity index (χ0v) is 15.0. The summed E-state index contributed by atoms with van der Waals surface area (Å²) in [5.41, 5.74) is 1.36. The van der Waals surface area contributed by atoms with Gasteiger partial charge in [-0.1, -0.05) is 30.3 Å². The Morgan fingerprint density at radius 1 is 1.21 bits per heavy atom. The maximum absolute atomic E-state index is 12.9. The molecule has 1 saturated carbocycles. The minimum absolute atomic E-state index is 0.0161. The highest BCUT2D eigenvalue weighted by Crippen LogP contribution is 2.49. The average molecular weight is 361 g/mol. The van der Waals surface area contributed by atoms with Gasteiger partial charge in [0.25, 0.3) is 0 Å². The summed E-state index contributed by atoms with van der Waals surface area (Å²) >= 11 is 1.25. The lowest BCUT2D eigenvalue weighted by atomic mass is 9.94. The van der Waals surface area contributed by atoms with E-state index in [0.29, 0.717) is 10.6 Å². The standard InChI is InChI=1S/C18H19NO3S2/c1-12-11-15(14-7-10-23-16(14)24(12,21)22)19-17(20)18(8-9-18)13-5-3-2-4-6-13/h2-7,10,12,15H,8-9,11H2,1H3,(H,19,20)/t12-,15-/m0/s1. The molecule has 2 atom stereocenters. The number of carbonyl (C=O) groups is 1. The summed E-state index contributed by atoms with van der Waals surface area (Å²) in [7, 11) is -3.25. The molecule has 4 nitrogen and oxygen atoms in total. The number of amides is 1. The normalized spacial score (nSPS) is 26.4. The summed E-state index contributed by atoms with van der Waals surface area (Å²) in [4.78, 5) is 12.9. The number of thiophene rings is 1. The zero-order chi connectivity index (χ0) is 16.9. The molecule has 0 bridgehead atoms. The first-order chi connectivity index (χ1) is 11.4. The largest absolute Gasteiger partial charge is 0.348 e. The van der Waals surface area contributed by atoms with Crippen molar-refractivity contribution >= 4 is 27.1 Å². The summed E-state index contributed by atoms with van der Waals surface area (Å²) in [6, 6.07) is 11.5. The van der Waals surface area contributed by atoms with Crippen molar-refractivity contribution in [3.63, 3.8) is 0 Å². The Hall–Kier alpha value is -1.66. The summed E-state index contributed by atoms with van der Waals surface area (Å²) in [6.45, 7) is 1.72. The van der Waals surface area contributed by atoms with E-state index in [1.54, 1.807) is 12.3 Å². The third-order valence-electron chi connectivity index (χ3n) is 5.21. The van der Waals surface area contributed by atoms with Crippen LogP contribution >= 0.6 is 11.3 Å². The highest BCUT2D eigenvalue weighted by Gasteiger charge is 2.52. The van der Waals surface area contributed by atoms with Gasteiger partial charge in [-0.2, -0.15) is 0 Å². The van der Waals surface area contributed by atoms with Crippen LogP contribution in [0, 0.1) is 0 Å². The molecule has 1 aliphatic carbocycles. The van der Waals surface area contributed by atoms with Crippen LogP contribution in [0.2, 0.25) is 0 Å². The molecule has 1 aromatic heterocycles. The second-order valence-electron chi connectivity index (χ2n) is 6.73. The van der Waals surface area contributed by atoms with Gasteiger partial charge in [0.05, 0.1) is 16.7 Å². The summed E-state index contributed by atoms with van der Waals surface area (Å²) < 4.78 is 25.3. The quantitative estimate of drug-likeness (QED) is 0.913. The molecule has 2 aliphatic rings. The van der Waals surface area contributed by atoms with Crippen LogP contribution in [-0.2, 0) is 20.0 Å². The fourth-order valence-electron chi connectivity index (χ4n) is 3.53. The van der Waals surface area contributed by atoms with E-state index in [9.17, 15) is 13.2 Å². The Morgan fingerprint density at radius 3 is 2.58 bits per heavy atom.